The van der Waals surface area contributed by atoms with Crippen LogP contribution in [-0.2, 0) is 4.74 Å². The second-order valence-corrected chi connectivity index (χ2v) is 5.86. The lowest BCUT2D eigenvalue weighted by Crippen LogP contribution is -2.58. The Hall–Kier alpha value is -1.39. The Balaban J connectivity index is 1.96. The van der Waals surface area contributed by atoms with Crippen molar-refractivity contribution in [1.29, 1.82) is 0 Å². The third-order valence-electron chi connectivity index (χ3n) is 4.17. The van der Waals surface area contributed by atoms with Crippen LogP contribution in [0.15, 0.2) is 30.3 Å². The average Bonchev–Trinajstić information content (AvgIpc) is 2.50. The van der Waals surface area contributed by atoms with Crippen molar-refractivity contribution in [2.75, 3.05) is 33.4 Å². The first-order valence-corrected chi connectivity index (χ1v) is 7.72. The third kappa shape index (κ3) is 4.05. The number of carbonyl (C=O) groups is 1. The molecule has 4 nitrogen and oxygen atoms in total. The Morgan fingerprint density at radius 2 is 1.81 bits per heavy atom. The number of amides is 1. The summed E-state index contributed by atoms with van der Waals surface area (Å²) in [7, 11) is 1.74. The lowest BCUT2D eigenvalue weighted by molar-refractivity contribution is 0.0270. The maximum absolute atomic E-state index is 12.5. The topological polar surface area (TPSA) is 32.8 Å². The Morgan fingerprint density at radius 3 is 2.38 bits per heavy atom. The fourth-order valence-electron chi connectivity index (χ4n) is 3.12. The third-order valence-corrected chi connectivity index (χ3v) is 4.17. The number of benzene rings is 1. The second-order valence-electron chi connectivity index (χ2n) is 5.86. The summed E-state index contributed by atoms with van der Waals surface area (Å²) in [5.74, 6) is 0.144. The smallest absolute Gasteiger partial charge is 0.253 e. The minimum absolute atomic E-state index is 0.144. The van der Waals surface area contributed by atoms with Crippen LogP contribution in [0.25, 0.3) is 0 Å². The fourth-order valence-corrected chi connectivity index (χ4v) is 3.12. The van der Waals surface area contributed by atoms with Crippen molar-refractivity contribution < 1.29 is 9.53 Å². The summed E-state index contributed by atoms with van der Waals surface area (Å²) in [4.78, 5) is 17.0. The molecule has 1 aromatic carbocycles. The minimum Gasteiger partial charge on any atom is -0.385 e. The zero-order valence-electron chi connectivity index (χ0n) is 13.3. The number of ether oxygens (including phenoxy) is 1. The molecule has 116 valence electrons. The van der Waals surface area contributed by atoms with Gasteiger partial charge in [-0.2, -0.15) is 0 Å². The molecule has 0 N–H and O–H groups in total. The van der Waals surface area contributed by atoms with Crippen LogP contribution in [0.4, 0.5) is 0 Å². The lowest BCUT2D eigenvalue weighted by atomic mass is 10.1. The quantitative estimate of drug-likeness (QED) is 0.780. The van der Waals surface area contributed by atoms with Gasteiger partial charge in [0, 0.05) is 51.0 Å². The standard InChI is InChI=1S/C17H26N2O2/c1-14-12-18(17(20)16-8-5-4-6-9-16)13-15(2)19(14)10-7-11-21-3/h4-6,8-9,14-15H,7,10-13H2,1-3H3. The molecule has 1 aliphatic rings. The van der Waals surface area contributed by atoms with Crippen LogP contribution in [0.5, 0.6) is 0 Å². The van der Waals surface area contributed by atoms with E-state index in [1.54, 1.807) is 7.11 Å². The van der Waals surface area contributed by atoms with Crippen molar-refractivity contribution in [3.63, 3.8) is 0 Å². The van der Waals surface area contributed by atoms with Gasteiger partial charge in [-0.3, -0.25) is 9.69 Å². The highest BCUT2D eigenvalue weighted by atomic mass is 16.5. The summed E-state index contributed by atoms with van der Waals surface area (Å²) in [5.41, 5.74) is 0.782. The zero-order valence-corrected chi connectivity index (χ0v) is 13.3. The Morgan fingerprint density at radius 1 is 1.19 bits per heavy atom. The highest BCUT2D eigenvalue weighted by molar-refractivity contribution is 5.94. The van der Waals surface area contributed by atoms with Crippen LogP contribution in [0.2, 0.25) is 0 Å². The summed E-state index contributed by atoms with van der Waals surface area (Å²) in [6.45, 7) is 7.82. The highest BCUT2D eigenvalue weighted by Gasteiger charge is 2.31. The van der Waals surface area contributed by atoms with Crippen molar-refractivity contribution in [2.45, 2.75) is 32.4 Å². The molecule has 21 heavy (non-hydrogen) atoms. The van der Waals surface area contributed by atoms with Gasteiger partial charge in [-0.05, 0) is 32.4 Å². The van der Waals surface area contributed by atoms with Gasteiger partial charge in [0.05, 0.1) is 0 Å². The Kier molecular flexibility index (Phi) is 5.76. The van der Waals surface area contributed by atoms with Gasteiger partial charge < -0.3 is 9.64 Å². The van der Waals surface area contributed by atoms with Gasteiger partial charge >= 0.3 is 0 Å². The first kappa shape index (κ1) is 16.0. The SMILES string of the molecule is COCCCN1C(C)CN(C(=O)c2ccccc2)CC1C. The number of hydrogen-bond acceptors (Lipinski definition) is 3. The van der Waals surface area contributed by atoms with E-state index in [0.717, 1.165) is 38.2 Å². The van der Waals surface area contributed by atoms with Crippen LogP contribution in [-0.4, -0.2) is 61.1 Å². The van der Waals surface area contributed by atoms with E-state index in [1.807, 2.05) is 35.2 Å². The van der Waals surface area contributed by atoms with Gasteiger partial charge in [-0.1, -0.05) is 18.2 Å². The van der Waals surface area contributed by atoms with Crippen molar-refractivity contribution in [2.24, 2.45) is 0 Å². The number of methoxy groups -OCH3 is 1. The normalized spacial score (nSPS) is 23.3. The predicted molar refractivity (Wildman–Crippen MR) is 84.5 cm³/mol. The molecular formula is C17H26N2O2. The molecule has 2 rings (SSSR count). The first-order chi connectivity index (χ1) is 10.1. The molecule has 0 aliphatic carbocycles. The summed E-state index contributed by atoms with van der Waals surface area (Å²) in [6.07, 6.45) is 1.04. The minimum atomic E-state index is 0.144. The molecule has 0 spiro atoms. The fraction of sp³-hybridized carbons (Fsp3) is 0.588. The first-order valence-electron chi connectivity index (χ1n) is 7.72. The van der Waals surface area contributed by atoms with Crippen molar-refractivity contribution in [3.05, 3.63) is 35.9 Å². The van der Waals surface area contributed by atoms with E-state index < -0.39 is 0 Å². The average molecular weight is 290 g/mol. The molecule has 0 bridgehead atoms. The van der Waals surface area contributed by atoms with Gasteiger partial charge in [0.25, 0.3) is 5.91 Å². The van der Waals surface area contributed by atoms with Crippen molar-refractivity contribution in [1.82, 2.24) is 9.80 Å². The van der Waals surface area contributed by atoms with Crippen LogP contribution >= 0.6 is 0 Å². The Bertz CT molecular complexity index is 437. The number of hydrogen-bond donors (Lipinski definition) is 0. The maximum atomic E-state index is 12.5. The van der Waals surface area contributed by atoms with Crippen LogP contribution in [0.3, 0.4) is 0 Å². The molecular weight excluding hydrogens is 264 g/mol. The number of rotatable bonds is 5. The number of carbonyl (C=O) groups excluding carboxylic acids is 1. The van der Waals surface area contributed by atoms with E-state index in [0.29, 0.717) is 12.1 Å². The lowest BCUT2D eigenvalue weighted by Gasteiger charge is -2.44. The molecule has 2 unspecified atom stereocenters. The summed E-state index contributed by atoms with van der Waals surface area (Å²) in [6, 6.07) is 10.3. The van der Waals surface area contributed by atoms with Crippen LogP contribution in [0, 0.1) is 0 Å². The molecule has 0 radical (unpaired) electrons. The molecule has 1 fully saturated rings. The van der Waals surface area contributed by atoms with Gasteiger partial charge in [0.1, 0.15) is 0 Å². The molecule has 2 atom stereocenters. The van der Waals surface area contributed by atoms with Crippen LogP contribution < -0.4 is 0 Å². The molecule has 0 saturated carbocycles. The largest absolute Gasteiger partial charge is 0.385 e. The molecule has 1 aliphatic heterocycles. The second kappa shape index (κ2) is 7.57. The monoisotopic (exact) mass is 290 g/mol. The zero-order chi connectivity index (χ0) is 15.2. The molecule has 0 aromatic heterocycles. The van der Waals surface area contributed by atoms with E-state index in [-0.39, 0.29) is 5.91 Å². The summed E-state index contributed by atoms with van der Waals surface area (Å²) in [5, 5.41) is 0. The summed E-state index contributed by atoms with van der Waals surface area (Å²) >= 11 is 0. The van der Waals surface area contributed by atoms with Crippen molar-refractivity contribution >= 4 is 5.91 Å². The van der Waals surface area contributed by atoms with Gasteiger partial charge in [0.15, 0.2) is 0 Å². The molecule has 1 amide bonds. The number of nitrogens with zero attached hydrogens (tertiary/aromatic N) is 2. The van der Waals surface area contributed by atoms with Gasteiger partial charge in [-0.25, -0.2) is 0 Å². The van der Waals surface area contributed by atoms with E-state index in [1.165, 1.54) is 0 Å². The highest BCUT2D eigenvalue weighted by Crippen LogP contribution is 2.18. The van der Waals surface area contributed by atoms with Crippen LogP contribution in [0.1, 0.15) is 30.6 Å². The Labute approximate surface area is 127 Å². The maximum Gasteiger partial charge on any atom is 0.253 e. The molecule has 1 heterocycles. The van der Waals surface area contributed by atoms with Gasteiger partial charge in [-0.15, -0.1) is 0 Å². The van der Waals surface area contributed by atoms with E-state index >= 15 is 0 Å². The molecule has 4 heteroatoms. The number of piperazine rings is 1. The van der Waals surface area contributed by atoms with E-state index in [2.05, 4.69) is 18.7 Å². The van der Waals surface area contributed by atoms with Crippen molar-refractivity contribution in [3.8, 4) is 0 Å². The summed E-state index contributed by atoms with van der Waals surface area (Å²) < 4.78 is 5.13. The molecule has 1 saturated heterocycles. The van der Waals surface area contributed by atoms with E-state index in [4.69, 9.17) is 4.74 Å². The molecule has 1 aromatic rings. The van der Waals surface area contributed by atoms with Gasteiger partial charge in [0.2, 0.25) is 0 Å². The predicted octanol–water partition coefficient (Wildman–Crippen LogP) is 2.26. The van der Waals surface area contributed by atoms with E-state index in [9.17, 15) is 4.79 Å².